The molecule has 0 radical (unpaired) electrons. The van der Waals surface area contributed by atoms with E-state index in [-0.39, 0.29) is 24.9 Å². The first-order valence-corrected chi connectivity index (χ1v) is 5.89. The van der Waals surface area contributed by atoms with Gasteiger partial charge in [-0.15, -0.1) is 0 Å². The number of carbonyl (C=O) groups is 1. The minimum absolute atomic E-state index is 0.101. The number of hydrogen-bond acceptors (Lipinski definition) is 6. The summed E-state index contributed by atoms with van der Waals surface area (Å²) in [6, 6.07) is 0. The van der Waals surface area contributed by atoms with Crippen molar-refractivity contribution >= 4 is 13.8 Å². The van der Waals surface area contributed by atoms with E-state index in [1.165, 1.54) is 7.11 Å². The smallest absolute Gasteiger partial charge is 0.461 e. The number of cyclic esters (lactones) is 1. The van der Waals surface area contributed by atoms with Crippen molar-refractivity contribution in [3.63, 3.8) is 0 Å². The molecular weight excluding hydrogens is 223 g/mol. The highest BCUT2D eigenvalue weighted by Gasteiger charge is 2.41. The van der Waals surface area contributed by atoms with Gasteiger partial charge in [-0.3, -0.25) is 9.05 Å². The van der Waals surface area contributed by atoms with Gasteiger partial charge in [0.2, 0.25) is 0 Å². The molecule has 0 aromatic carbocycles. The standard InChI is InChI=1S/C8H11O6P/c1-5-7-6(3-12-8(7)9)4-13-15(10,11-2)14-5/h6H,3-4H2,1-2H3/t6?,15-/m1/s1. The second-order valence-corrected chi connectivity index (χ2v) is 4.98. The summed E-state index contributed by atoms with van der Waals surface area (Å²) >= 11 is 0. The van der Waals surface area contributed by atoms with Crippen LogP contribution in [0.1, 0.15) is 6.92 Å². The van der Waals surface area contributed by atoms with Crippen molar-refractivity contribution in [3.05, 3.63) is 11.3 Å². The third-order valence-electron chi connectivity index (χ3n) is 2.33. The van der Waals surface area contributed by atoms with Crippen molar-refractivity contribution in [1.82, 2.24) is 0 Å². The van der Waals surface area contributed by atoms with Gasteiger partial charge in [-0.05, 0) is 6.92 Å². The average molecular weight is 234 g/mol. The zero-order valence-electron chi connectivity index (χ0n) is 8.39. The van der Waals surface area contributed by atoms with Gasteiger partial charge in [-0.1, -0.05) is 0 Å². The summed E-state index contributed by atoms with van der Waals surface area (Å²) in [4.78, 5) is 11.3. The van der Waals surface area contributed by atoms with Gasteiger partial charge in [-0.25, -0.2) is 9.36 Å². The Morgan fingerprint density at radius 1 is 1.47 bits per heavy atom. The quantitative estimate of drug-likeness (QED) is 0.502. The number of hydrogen-bond donors (Lipinski definition) is 0. The van der Waals surface area contributed by atoms with Crippen LogP contribution in [0.5, 0.6) is 0 Å². The van der Waals surface area contributed by atoms with Crippen molar-refractivity contribution in [3.8, 4) is 0 Å². The Labute approximate surface area is 86.8 Å². The van der Waals surface area contributed by atoms with Crippen molar-refractivity contribution in [2.75, 3.05) is 20.3 Å². The van der Waals surface area contributed by atoms with Gasteiger partial charge in [0.1, 0.15) is 12.4 Å². The molecule has 0 bridgehead atoms. The van der Waals surface area contributed by atoms with Crippen LogP contribution in [-0.2, 0) is 27.7 Å². The molecule has 1 unspecified atom stereocenters. The number of allylic oxidation sites excluding steroid dienone is 1. The summed E-state index contributed by atoms with van der Waals surface area (Å²) in [6.07, 6.45) is 0. The maximum atomic E-state index is 11.7. The molecule has 1 saturated heterocycles. The van der Waals surface area contributed by atoms with E-state index in [1.54, 1.807) is 6.92 Å². The van der Waals surface area contributed by atoms with E-state index in [0.29, 0.717) is 5.57 Å². The number of rotatable bonds is 1. The monoisotopic (exact) mass is 234 g/mol. The van der Waals surface area contributed by atoms with Crippen LogP contribution in [0, 0.1) is 5.92 Å². The molecule has 7 heteroatoms. The van der Waals surface area contributed by atoms with Crippen LogP contribution in [-0.4, -0.2) is 26.3 Å². The van der Waals surface area contributed by atoms with Crippen LogP contribution >= 0.6 is 7.82 Å². The lowest BCUT2D eigenvalue weighted by Crippen LogP contribution is -2.09. The van der Waals surface area contributed by atoms with Gasteiger partial charge in [0, 0.05) is 7.11 Å². The van der Waals surface area contributed by atoms with Crippen molar-refractivity contribution < 1.29 is 27.7 Å². The number of esters is 1. The summed E-state index contributed by atoms with van der Waals surface area (Å²) in [6.45, 7) is 1.89. The van der Waals surface area contributed by atoms with E-state index < -0.39 is 13.8 Å². The number of phosphoric acid groups is 1. The van der Waals surface area contributed by atoms with Crippen LogP contribution in [0.4, 0.5) is 0 Å². The number of phosphoric ester groups is 1. The molecule has 2 heterocycles. The molecule has 0 spiro atoms. The summed E-state index contributed by atoms with van der Waals surface area (Å²) in [5.41, 5.74) is 0.393. The number of carbonyl (C=O) groups excluding carboxylic acids is 1. The summed E-state index contributed by atoms with van der Waals surface area (Å²) in [7, 11) is -2.31. The molecule has 15 heavy (non-hydrogen) atoms. The molecule has 0 saturated carbocycles. The largest absolute Gasteiger partial charge is 0.529 e. The minimum atomic E-state index is -3.54. The second-order valence-electron chi connectivity index (χ2n) is 3.28. The first-order valence-electron chi connectivity index (χ1n) is 4.43. The summed E-state index contributed by atoms with van der Waals surface area (Å²) in [5.74, 6) is -0.403. The lowest BCUT2D eigenvalue weighted by molar-refractivity contribution is -0.135. The summed E-state index contributed by atoms with van der Waals surface area (Å²) in [5, 5.41) is 0. The maximum absolute atomic E-state index is 11.7. The van der Waals surface area contributed by atoms with Crippen LogP contribution in [0.15, 0.2) is 11.3 Å². The van der Waals surface area contributed by atoms with E-state index in [1.807, 2.05) is 0 Å². The molecule has 6 nitrogen and oxygen atoms in total. The Balaban J connectivity index is 2.35. The highest BCUT2D eigenvalue weighted by molar-refractivity contribution is 7.48. The molecule has 2 atom stereocenters. The Hall–Kier alpha value is -0.840. The fourth-order valence-electron chi connectivity index (χ4n) is 1.58. The summed E-state index contributed by atoms with van der Waals surface area (Å²) < 4.78 is 31.2. The van der Waals surface area contributed by atoms with E-state index in [4.69, 9.17) is 13.8 Å². The second kappa shape index (κ2) is 3.63. The molecule has 0 aliphatic carbocycles. The average Bonchev–Trinajstić information content (AvgIpc) is 2.50. The number of fused-ring (bicyclic) bond motifs is 1. The molecule has 2 aliphatic rings. The zero-order chi connectivity index (χ0) is 11.1. The van der Waals surface area contributed by atoms with Crippen LogP contribution < -0.4 is 0 Å². The molecular formula is C8H11O6P. The van der Waals surface area contributed by atoms with E-state index in [9.17, 15) is 9.36 Å². The van der Waals surface area contributed by atoms with Crippen LogP contribution in [0.2, 0.25) is 0 Å². The lowest BCUT2D eigenvalue weighted by Gasteiger charge is -2.14. The van der Waals surface area contributed by atoms with Crippen molar-refractivity contribution in [1.29, 1.82) is 0 Å². The Kier molecular flexibility index (Phi) is 2.58. The Bertz CT molecular complexity index is 373. The van der Waals surface area contributed by atoms with Gasteiger partial charge >= 0.3 is 13.8 Å². The first-order chi connectivity index (χ1) is 7.06. The predicted molar refractivity (Wildman–Crippen MR) is 48.8 cm³/mol. The fourth-order valence-corrected chi connectivity index (χ4v) is 2.61. The van der Waals surface area contributed by atoms with Crippen LogP contribution in [0.3, 0.4) is 0 Å². The predicted octanol–water partition coefficient (Wildman–Crippen LogP) is 1.23. The lowest BCUT2D eigenvalue weighted by atomic mass is 10.0. The highest BCUT2D eigenvalue weighted by atomic mass is 31.2. The Morgan fingerprint density at radius 2 is 2.20 bits per heavy atom. The van der Waals surface area contributed by atoms with E-state index >= 15 is 0 Å². The third-order valence-corrected chi connectivity index (χ3v) is 3.74. The zero-order valence-corrected chi connectivity index (χ0v) is 9.28. The van der Waals surface area contributed by atoms with Crippen molar-refractivity contribution in [2.24, 2.45) is 5.92 Å². The molecule has 0 N–H and O–H groups in total. The fraction of sp³-hybridized carbons (Fsp3) is 0.625. The molecule has 2 aliphatic heterocycles. The highest BCUT2D eigenvalue weighted by Crippen LogP contribution is 2.54. The first kappa shape index (κ1) is 10.7. The van der Waals surface area contributed by atoms with Gasteiger partial charge in [0.15, 0.2) is 0 Å². The normalized spacial score (nSPS) is 35.6. The number of ether oxygens (including phenoxy) is 1. The van der Waals surface area contributed by atoms with Crippen LogP contribution in [0.25, 0.3) is 0 Å². The van der Waals surface area contributed by atoms with Gasteiger partial charge in [-0.2, -0.15) is 0 Å². The minimum Gasteiger partial charge on any atom is -0.461 e. The molecule has 0 aromatic heterocycles. The van der Waals surface area contributed by atoms with Gasteiger partial charge in [0.05, 0.1) is 18.1 Å². The van der Waals surface area contributed by atoms with Gasteiger partial charge in [0.25, 0.3) is 0 Å². The van der Waals surface area contributed by atoms with Gasteiger partial charge < -0.3 is 9.26 Å². The SMILES string of the molecule is CO[P@]1(=O)OCC2COC(=O)C2=C(C)O1. The topological polar surface area (TPSA) is 71.1 Å². The molecule has 0 aromatic rings. The third kappa shape index (κ3) is 1.80. The molecule has 1 fully saturated rings. The maximum Gasteiger partial charge on any atom is 0.529 e. The van der Waals surface area contributed by atoms with Crippen molar-refractivity contribution in [2.45, 2.75) is 6.92 Å². The molecule has 2 rings (SSSR count). The van der Waals surface area contributed by atoms with E-state index in [2.05, 4.69) is 4.52 Å². The van der Waals surface area contributed by atoms with E-state index in [0.717, 1.165) is 0 Å². The molecule has 0 amide bonds. The molecule has 84 valence electrons. The Morgan fingerprint density at radius 3 is 2.87 bits per heavy atom.